The predicted octanol–water partition coefficient (Wildman–Crippen LogP) is 3.93. The van der Waals surface area contributed by atoms with Crippen LogP contribution in [0.2, 0.25) is 5.02 Å². The van der Waals surface area contributed by atoms with Gasteiger partial charge in [-0.15, -0.1) is 0 Å². The number of likely N-dealkylation sites (tertiary alicyclic amines) is 1. The van der Waals surface area contributed by atoms with Crippen LogP contribution in [-0.4, -0.2) is 44.8 Å². The Kier molecular flexibility index (Phi) is 4.74. The van der Waals surface area contributed by atoms with E-state index in [1.165, 1.54) is 12.8 Å². The van der Waals surface area contributed by atoms with Gasteiger partial charge in [0.05, 0.1) is 27.7 Å². The summed E-state index contributed by atoms with van der Waals surface area (Å²) in [6.07, 6.45) is 7.65. The first-order chi connectivity index (χ1) is 16.1. The van der Waals surface area contributed by atoms with E-state index in [2.05, 4.69) is 25.2 Å². The average molecular weight is 458 g/mol. The van der Waals surface area contributed by atoms with Crippen LogP contribution in [0, 0.1) is 0 Å². The van der Waals surface area contributed by atoms with Crippen molar-refractivity contribution < 1.29 is 9.59 Å². The maximum Gasteiger partial charge on any atom is 0.259 e. The molecule has 2 aliphatic heterocycles. The zero-order valence-corrected chi connectivity index (χ0v) is 18.4. The Labute approximate surface area is 194 Å². The Morgan fingerprint density at radius 3 is 2.70 bits per heavy atom. The number of fused-ring (bicyclic) bond motifs is 2. The molecule has 0 saturated carbocycles. The van der Waals surface area contributed by atoms with Crippen LogP contribution in [0.4, 0.5) is 0 Å². The molecule has 2 amide bonds. The Morgan fingerprint density at radius 2 is 1.85 bits per heavy atom. The molecule has 164 valence electrons. The third-order valence-electron chi connectivity index (χ3n) is 6.36. The van der Waals surface area contributed by atoms with E-state index in [1.54, 1.807) is 18.5 Å². The van der Waals surface area contributed by atoms with Crippen LogP contribution in [-0.2, 0) is 16.1 Å². The Balaban J connectivity index is 1.59. The molecule has 2 aliphatic rings. The monoisotopic (exact) mass is 457 g/mol. The summed E-state index contributed by atoms with van der Waals surface area (Å²) in [5.74, 6) is -0.935. The van der Waals surface area contributed by atoms with Crippen LogP contribution >= 0.6 is 11.6 Å². The van der Waals surface area contributed by atoms with Crippen LogP contribution in [0.1, 0.15) is 29.5 Å². The molecule has 0 atom stereocenters. The van der Waals surface area contributed by atoms with Gasteiger partial charge in [0.2, 0.25) is 0 Å². The van der Waals surface area contributed by atoms with Crippen molar-refractivity contribution >= 4 is 56.5 Å². The summed E-state index contributed by atoms with van der Waals surface area (Å²) < 4.78 is 0. The number of imide groups is 1. The molecular weight excluding hydrogens is 438 g/mol. The molecular formula is C25H20ClN5O2. The summed E-state index contributed by atoms with van der Waals surface area (Å²) in [5.41, 5.74) is 4.78. The number of nitrogens with zero attached hydrogens (tertiary/aromatic N) is 3. The van der Waals surface area contributed by atoms with Gasteiger partial charge in [-0.1, -0.05) is 11.6 Å². The zero-order chi connectivity index (χ0) is 22.5. The molecule has 0 radical (unpaired) electrons. The number of carbonyl (C=O) groups is 2. The van der Waals surface area contributed by atoms with E-state index in [-0.39, 0.29) is 11.1 Å². The molecule has 4 aromatic rings. The SMILES string of the molecule is O=C1NC(=O)C(c2c[nH]c3cccnc23)=C1c1c(Cl)ccc2ncc(CN3CCCC3)cc12. The van der Waals surface area contributed by atoms with Crippen LogP contribution in [0.25, 0.3) is 33.1 Å². The molecule has 1 aromatic carbocycles. The van der Waals surface area contributed by atoms with E-state index in [0.29, 0.717) is 21.7 Å². The number of hydrogen-bond acceptors (Lipinski definition) is 5. The highest BCUT2D eigenvalue weighted by molar-refractivity contribution is 6.52. The fourth-order valence-electron chi connectivity index (χ4n) is 4.85. The number of rotatable bonds is 4. The number of halogens is 1. The number of pyridine rings is 2. The molecule has 0 spiro atoms. The van der Waals surface area contributed by atoms with E-state index in [0.717, 1.165) is 41.6 Å². The average Bonchev–Trinajstić information content (AvgIpc) is 3.53. The topological polar surface area (TPSA) is 91.0 Å². The van der Waals surface area contributed by atoms with E-state index < -0.39 is 11.8 Å². The van der Waals surface area contributed by atoms with Gasteiger partial charge in [-0.3, -0.25) is 29.8 Å². The molecule has 0 aliphatic carbocycles. The van der Waals surface area contributed by atoms with Crippen molar-refractivity contribution in [1.82, 2.24) is 25.2 Å². The highest BCUT2D eigenvalue weighted by atomic mass is 35.5. The van der Waals surface area contributed by atoms with Gasteiger partial charge < -0.3 is 4.98 Å². The molecule has 3 aromatic heterocycles. The smallest absolute Gasteiger partial charge is 0.259 e. The third-order valence-corrected chi connectivity index (χ3v) is 6.68. The van der Waals surface area contributed by atoms with Crippen molar-refractivity contribution in [2.24, 2.45) is 0 Å². The molecule has 33 heavy (non-hydrogen) atoms. The number of aromatic nitrogens is 3. The molecule has 5 heterocycles. The number of H-pyrrole nitrogens is 1. The van der Waals surface area contributed by atoms with E-state index in [9.17, 15) is 9.59 Å². The Morgan fingerprint density at radius 1 is 1.03 bits per heavy atom. The number of aromatic amines is 1. The molecule has 0 unspecified atom stereocenters. The fraction of sp³-hybridized carbons (Fsp3) is 0.200. The highest BCUT2D eigenvalue weighted by Gasteiger charge is 2.35. The zero-order valence-electron chi connectivity index (χ0n) is 17.7. The van der Waals surface area contributed by atoms with Crippen LogP contribution < -0.4 is 5.32 Å². The minimum absolute atomic E-state index is 0.252. The van der Waals surface area contributed by atoms with E-state index in [1.807, 2.05) is 30.5 Å². The van der Waals surface area contributed by atoms with Crippen molar-refractivity contribution in [2.75, 3.05) is 13.1 Å². The summed E-state index contributed by atoms with van der Waals surface area (Å²) in [6.45, 7) is 2.93. The standard InChI is InChI=1S/C25H20ClN5O2/c26-17-5-6-18-15(10-14(11-28-18)13-31-8-1-2-9-31)20(17)22-21(24(32)30-25(22)33)16-12-29-19-4-3-7-27-23(16)19/h3-7,10-12,29H,1-2,8-9,13H2,(H,30,32,33). The molecule has 2 N–H and O–H groups in total. The minimum Gasteiger partial charge on any atom is -0.359 e. The Hall–Kier alpha value is -3.55. The number of nitrogens with one attached hydrogen (secondary N) is 2. The normalized spacial score (nSPS) is 17.0. The quantitative estimate of drug-likeness (QED) is 0.453. The van der Waals surface area contributed by atoms with Crippen molar-refractivity contribution in [2.45, 2.75) is 19.4 Å². The lowest BCUT2D eigenvalue weighted by Crippen LogP contribution is -2.22. The van der Waals surface area contributed by atoms with Gasteiger partial charge in [0.1, 0.15) is 0 Å². The molecule has 1 saturated heterocycles. The number of hydrogen-bond donors (Lipinski definition) is 2. The van der Waals surface area contributed by atoms with Crippen molar-refractivity contribution in [3.63, 3.8) is 0 Å². The summed E-state index contributed by atoms with van der Waals surface area (Å²) in [5, 5.41) is 3.60. The number of carbonyl (C=O) groups excluding carboxylic acids is 2. The first-order valence-corrected chi connectivity index (χ1v) is 11.3. The van der Waals surface area contributed by atoms with Gasteiger partial charge in [-0.05, 0) is 61.8 Å². The van der Waals surface area contributed by atoms with E-state index in [4.69, 9.17) is 11.6 Å². The van der Waals surface area contributed by atoms with Crippen molar-refractivity contribution in [1.29, 1.82) is 0 Å². The molecule has 0 bridgehead atoms. The maximum atomic E-state index is 13.1. The van der Waals surface area contributed by atoms with Gasteiger partial charge >= 0.3 is 0 Å². The lowest BCUT2D eigenvalue weighted by atomic mass is 9.93. The first-order valence-electron chi connectivity index (χ1n) is 10.9. The lowest BCUT2D eigenvalue weighted by Gasteiger charge is -2.16. The second-order valence-electron chi connectivity index (χ2n) is 8.45. The fourth-order valence-corrected chi connectivity index (χ4v) is 5.11. The van der Waals surface area contributed by atoms with Gasteiger partial charge in [0.15, 0.2) is 0 Å². The van der Waals surface area contributed by atoms with Gasteiger partial charge in [0, 0.05) is 46.7 Å². The second-order valence-corrected chi connectivity index (χ2v) is 8.86. The maximum absolute atomic E-state index is 13.1. The number of amides is 2. The molecule has 6 rings (SSSR count). The van der Waals surface area contributed by atoms with Crippen LogP contribution in [0.5, 0.6) is 0 Å². The van der Waals surface area contributed by atoms with Crippen LogP contribution in [0.15, 0.2) is 48.9 Å². The summed E-state index contributed by atoms with van der Waals surface area (Å²) in [4.78, 5) is 40.6. The summed E-state index contributed by atoms with van der Waals surface area (Å²) in [6, 6.07) is 9.28. The number of benzene rings is 1. The third kappa shape index (κ3) is 3.32. The van der Waals surface area contributed by atoms with Crippen molar-refractivity contribution in [3.8, 4) is 0 Å². The summed E-state index contributed by atoms with van der Waals surface area (Å²) >= 11 is 6.68. The largest absolute Gasteiger partial charge is 0.359 e. The Bertz CT molecular complexity index is 1480. The van der Waals surface area contributed by atoms with Gasteiger partial charge in [-0.2, -0.15) is 0 Å². The van der Waals surface area contributed by atoms with E-state index >= 15 is 0 Å². The molecule has 1 fully saturated rings. The molecule has 7 nitrogen and oxygen atoms in total. The molecule has 8 heteroatoms. The second kappa shape index (κ2) is 7.79. The first kappa shape index (κ1) is 20.1. The van der Waals surface area contributed by atoms with Gasteiger partial charge in [0.25, 0.3) is 11.8 Å². The summed E-state index contributed by atoms with van der Waals surface area (Å²) in [7, 11) is 0. The highest BCUT2D eigenvalue weighted by Crippen LogP contribution is 2.40. The lowest BCUT2D eigenvalue weighted by molar-refractivity contribution is -0.122. The van der Waals surface area contributed by atoms with Crippen LogP contribution in [0.3, 0.4) is 0 Å². The van der Waals surface area contributed by atoms with Crippen molar-refractivity contribution in [3.05, 3.63) is 70.6 Å². The predicted molar refractivity (Wildman–Crippen MR) is 127 cm³/mol. The minimum atomic E-state index is -0.473. The van der Waals surface area contributed by atoms with Gasteiger partial charge in [-0.25, -0.2) is 0 Å².